The van der Waals surface area contributed by atoms with E-state index in [-0.39, 0.29) is 15.8 Å². The van der Waals surface area contributed by atoms with Crippen LogP contribution in [0.2, 0.25) is 5.02 Å². The summed E-state index contributed by atoms with van der Waals surface area (Å²) in [6, 6.07) is 3.02. The molecule has 0 unspecified atom stereocenters. The van der Waals surface area contributed by atoms with Crippen LogP contribution in [0.3, 0.4) is 0 Å². The maximum Gasteiger partial charge on any atom is 0.416 e. The van der Waals surface area contributed by atoms with Gasteiger partial charge < -0.3 is 10.6 Å². The highest BCUT2D eigenvalue weighted by atomic mass is 35.5. The summed E-state index contributed by atoms with van der Waals surface area (Å²) in [5.41, 5.74) is -0.642. The minimum Gasteiger partial charge on any atom is -0.363 e. The first-order valence-corrected chi connectivity index (χ1v) is 5.54. The van der Waals surface area contributed by atoms with Gasteiger partial charge in [-0.25, -0.2) is 0 Å². The molecule has 0 saturated heterocycles. The van der Waals surface area contributed by atoms with Crippen molar-refractivity contribution < 1.29 is 13.2 Å². The number of halogens is 4. The van der Waals surface area contributed by atoms with Crippen LogP contribution in [0.15, 0.2) is 18.2 Å². The van der Waals surface area contributed by atoms with Gasteiger partial charge in [0.2, 0.25) is 0 Å². The first-order chi connectivity index (χ1) is 7.84. The van der Waals surface area contributed by atoms with E-state index in [1.807, 2.05) is 6.92 Å². The van der Waals surface area contributed by atoms with Crippen molar-refractivity contribution in [2.45, 2.75) is 13.1 Å². The molecule has 2 nitrogen and oxygen atoms in total. The van der Waals surface area contributed by atoms with Gasteiger partial charge in [-0.05, 0) is 37.3 Å². The number of rotatable bonds is 2. The van der Waals surface area contributed by atoms with Crippen molar-refractivity contribution in [2.75, 3.05) is 11.9 Å². The van der Waals surface area contributed by atoms with Gasteiger partial charge in [0.05, 0.1) is 16.3 Å². The van der Waals surface area contributed by atoms with E-state index in [9.17, 15) is 13.2 Å². The highest BCUT2D eigenvalue weighted by Crippen LogP contribution is 2.33. The van der Waals surface area contributed by atoms with E-state index in [1.54, 1.807) is 0 Å². The molecule has 0 bridgehead atoms. The predicted molar refractivity (Wildman–Crippen MR) is 66.4 cm³/mol. The summed E-state index contributed by atoms with van der Waals surface area (Å²) >= 11 is 10.6. The van der Waals surface area contributed by atoms with Gasteiger partial charge in [0.1, 0.15) is 0 Å². The number of nitrogens with one attached hydrogen (secondary N) is 2. The van der Waals surface area contributed by atoms with Crippen molar-refractivity contribution in [1.29, 1.82) is 0 Å². The highest BCUT2D eigenvalue weighted by molar-refractivity contribution is 7.80. The summed E-state index contributed by atoms with van der Waals surface area (Å²) in [4.78, 5) is 0. The average Bonchev–Trinajstić information content (AvgIpc) is 2.20. The lowest BCUT2D eigenvalue weighted by atomic mass is 10.2. The largest absolute Gasteiger partial charge is 0.416 e. The van der Waals surface area contributed by atoms with Crippen LogP contribution in [-0.4, -0.2) is 11.7 Å². The lowest BCUT2D eigenvalue weighted by Gasteiger charge is -2.13. The van der Waals surface area contributed by atoms with Crippen molar-refractivity contribution in [1.82, 2.24) is 5.32 Å². The van der Waals surface area contributed by atoms with E-state index in [4.69, 9.17) is 23.8 Å². The summed E-state index contributed by atoms with van der Waals surface area (Å²) in [5, 5.41) is 5.78. The zero-order chi connectivity index (χ0) is 13.1. The molecule has 1 aromatic rings. The molecule has 0 saturated carbocycles. The van der Waals surface area contributed by atoms with Crippen LogP contribution in [0.1, 0.15) is 12.5 Å². The second kappa shape index (κ2) is 5.55. The van der Waals surface area contributed by atoms with Crippen molar-refractivity contribution in [2.24, 2.45) is 0 Å². The Hall–Kier alpha value is -1.01. The minimum atomic E-state index is -4.40. The monoisotopic (exact) mass is 282 g/mol. The SMILES string of the molecule is CCNC(=S)Nc1cc(C(F)(F)F)ccc1Cl. The Morgan fingerprint density at radius 2 is 2.06 bits per heavy atom. The number of hydrogen-bond donors (Lipinski definition) is 2. The Labute approximate surface area is 107 Å². The van der Waals surface area contributed by atoms with Crippen LogP contribution in [0.4, 0.5) is 18.9 Å². The van der Waals surface area contributed by atoms with Crippen molar-refractivity contribution >= 4 is 34.6 Å². The summed E-state index contributed by atoms with van der Waals surface area (Å²) in [7, 11) is 0. The number of thiocarbonyl (C=S) groups is 1. The van der Waals surface area contributed by atoms with Crippen LogP contribution < -0.4 is 10.6 Å². The van der Waals surface area contributed by atoms with Crippen molar-refractivity contribution in [3.05, 3.63) is 28.8 Å². The van der Waals surface area contributed by atoms with E-state index in [1.165, 1.54) is 6.07 Å². The second-order valence-corrected chi connectivity index (χ2v) is 3.99. The molecule has 1 aromatic carbocycles. The maximum atomic E-state index is 12.5. The van der Waals surface area contributed by atoms with Gasteiger partial charge in [-0.2, -0.15) is 13.2 Å². The first kappa shape index (κ1) is 14.1. The van der Waals surface area contributed by atoms with Crippen LogP contribution in [0, 0.1) is 0 Å². The van der Waals surface area contributed by atoms with E-state index in [0.29, 0.717) is 6.54 Å². The van der Waals surface area contributed by atoms with Gasteiger partial charge in [0, 0.05) is 6.54 Å². The molecule has 0 fully saturated rings. The van der Waals surface area contributed by atoms with Gasteiger partial charge >= 0.3 is 6.18 Å². The fourth-order valence-electron chi connectivity index (χ4n) is 1.12. The summed E-state index contributed by atoms with van der Waals surface area (Å²) in [6.45, 7) is 2.39. The number of anilines is 1. The standard InChI is InChI=1S/C10H10ClF3N2S/c1-2-15-9(17)16-8-5-6(10(12,13)14)3-4-7(8)11/h3-5H,2H2,1H3,(H2,15,16,17). The van der Waals surface area contributed by atoms with E-state index in [0.717, 1.165) is 12.1 Å². The number of alkyl halides is 3. The lowest BCUT2D eigenvalue weighted by molar-refractivity contribution is -0.137. The molecule has 94 valence electrons. The van der Waals surface area contributed by atoms with Gasteiger partial charge in [-0.15, -0.1) is 0 Å². The van der Waals surface area contributed by atoms with E-state index in [2.05, 4.69) is 10.6 Å². The van der Waals surface area contributed by atoms with Gasteiger partial charge in [0.15, 0.2) is 5.11 Å². The van der Waals surface area contributed by atoms with Gasteiger partial charge in [0.25, 0.3) is 0 Å². The minimum absolute atomic E-state index is 0.132. The molecule has 0 atom stereocenters. The highest BCUT2D eigenvalue weighted by Gasteiger charge is 2.30. The Bertz CT molecular complexity index is 421. The van der Waals surface area contributed by atoms with Gasteiger partial charge in [-0.1, -0.05) is 11.6 Å². The molecular formula is C10H10ClF3N2S. The predicted octanol–water partition coefficient (Wildman–Crippen LogP) is 3.67. The molecule has 17 heavy (non-hydrogen) atoms. The molecule has 0 aliphatic heterocycles. The van der Waals surface area contributed by atoms with Crippen molar-refractivity contribution in [3.63, 3.8) is 0 Å². The quantitative estimate of drug-likeness (QED) is 0.810. The molecule has 7 heteroatoms. The Morgan fingerprint density at radius 3 is 2.59 bits per heavy atom. The molecule has 0 aliphatic carbocycles. The Balaban J connectivity index is 2.95. The topological polar surface area (TPSA) is 24.1 Å². The first-order valence-electron chi connectivity index (χ1n) is 4.76. The third-order valence-corrected chi connectivity index (χ3v) is 2.46. The van der Waals surface area contributed by atoms with Crippen molar-refractivity contribution in [3.8, 4) is 0 Å². The number of benzene rings is 1. The zero-order valence-corrected chi connectivity index (χ0v) is 10.4. The molecule has 0 spiro atoms. The molecule has 0 heterocycles. The third kappa shape index (κ3) is 4.05. The molecule has 0 radical (unpaired) electrons. The smallest absolute Gasteiger partial charge is 0.363 e. The van der Waals surface area contributed by atoms with E-state index >= 15 is 0 Å². The maximum absolute atomic E-state index is 12.5. The molecule has 1 rings (SSSR count). The van der Waals surface area contributed by atoms with Gasteiger partial charge in [-0.3, -0.25) is 0 Å². The fraction of sp³-hybridized carbons (Fsp3) is 0.300. The fourth-order valence-corrected chi connectivity index (χ4v) is 1.54. The van der Waals surface area contributed by atoms with Crippen LogP contribution >= 0.6 is 23.8 Å². The van der Waals surface area contributed by atoms with E-state index < -0.39 is 11.7 Å². The number of hydrogen-bond acceptors (Lipinski definition) is 1. The van der Waals surface area contributed by atoms with Crippen LogP contribution in [-0.2, 0) is 6.18 Å². The average molecular weight is 283 g/mol. The summed E-state index contributed by atoms with van der Waals surface area (Å²) in [5.74, 6) is 0. The summed E-state index contributed by atoms with van der Waals surface area (Å²) in [6.07, 6.45) is -4.40. The Kier molecular flexibility index (Phi) is 4.59. The third-order valence-electron chi connectivity index (χ3n) is 1.88. The van der Waals surface area contributed by atoms with Crippen LogP contribution in [0.5, 0.6) is 0 Å². The molecule has 0 aromatic heterocycles. The molecule has 2 N–H and O–H groups in total. The molecule has 0 aliphatic rings. The second-order valence-electron chi connectivity index (χ2n) is 3.18. The van der Waals surface area contributed by atoms with Crippen LogP contribution in [0.25, 0.3) is 0 Å². The molecule has 0 amide bonds. The normalized spacial score (nSPS) is 11.1. The summed E-state index contributed by atoms with van der Waals surface area (Å²) < 4.78 is 37.4. The Morgan fingerprint density at radius 1 is 1.41 bits per heavy atom. The lowest BCUT2D eigenvalue weighted by Crippen LogP contribution is -2.28. The molecular weight excluding hydrogens is 273 g/mol. The zero-order valence-electron chi connectivity index (χ0n) is 8.86.